The van der Waals surface area contributed by atoms with E-state index >= 15 is 0 Å². The van der Waals surface area contributed by atoms with E-state index in [2.05, 4.69) is 34.8 Å². The molecular weight excluding hydrogens is 212 g/mol. The Morgan fingerprint density at radius 1 is 1.47 bits per heavy atom. The molecule has 1 saturated heterocycles. The van der Waals surface area contributed by atoms with Gasteiger partial charge in [-0.1, -0.05) is 6.07 Å². The monoisotopic (exact) mass is 234 g/mol. The van der Waals surface area contributed by atoms with E-state index < -0.39 is 0 Å². The molecule has 1 aromatic heterocycles. The van der Waals surface area contributed by atoms with E-state index in [1.54, 1.807) is 0 Å². The summed E-state index contributed by atoms with van der Waals surface area (Å²) in [5.74, 6) is 0. The number of hydrogen-bond acceptors (Lipinski definition) is 4. The maximum absolute atomic E-state index is 5.87. The molecular formula is C13H22N4. The van der Waals surface area contributed by atoms with Crippen molar-refractivity contribution in [2.24, 2.45) is 5.73 Å². The van der Waals surface area contributed by atoms with Crippen LogP contribution in [0.4, 0.5) is 0 Å². The fraction of sp³-hybridized carbons (Fsp3) is 0.615. The predicted octanol–water partition coefficient (Wildman–Crippen LogP) is 0.545. The summed E-state index contributed by atoms with van der Waals surface area (Å²) in [6.45, 7) is 6.07. The molecule has 1 aliphatic heterocycles. The van der Waals surface area contributed by atoms with Gasteiger partial charge in [-0.25, -0.2) is 0 Å². The number of aromatic nitrogens is 1. The largest absolute Gasteiger partial charge is 0.329 e. The van der Waals surface area contributed by atoms with Gasteiger partial charge in [-0.05, 0) is 25.6 Å². The minimum Gasteiger partial charge on any atom is -0.329 e. The number of rotatable bonds is 3. The second kappa shape index (κ2) is 5.58. The highest BCUT2D eigenvalue weighted by atomic mass is 15.3. The van der Waals surface area contributed by atoms with Crippen LogP contribution in [0.3, 0.4) is 0 Å². The molecule has 0 radical (unpaired) electrons. The van der Waals surface area contributed by atoms with Crippen molar-refractivity contribution < 1.29 is 0 Å². The average molecular weight is 234 g/mol. The molecule has 2 rings (SSSR count). The van der Waals surface area contributed by atoms with Gasteiger partial charge in [-0.3, -0.25) is 9.88 Å². The van der Waals surface area contributed by atoms with Gasteiger partial charge < -0.3 is 10.6 Å². The van der Waals surface area contributed by atoms with Crippen molar-refractivity contribution in [2.45, 2.75) is 25.6 Å². The van der Waals surface area contributed by atoms with Gasteiger partial charge in [-0.15, -0.1) is 0 Å². The Labute approximate surface area is 103 Å². The van der Waals surface area contributed by atoms with Gasteiger partial charge in [0.2, 0.25) is 0 Å². The lowest BCUT2D eigenvalue weighted by Crippen LogP contribution is -2.57. The van der Waals surface area contributed by atoms with E-state index in [1.807, 2.05) is 18.5 Å². The first-order valence-corrected chi connectivity index (χ1v) is 6.24. The predicted molar refractivity (Wildman–Crippen MR) is 69.6 cm³/mol. The molecule has 1 aromatic rings. The molecule has 94 valence electrons. The van der Waals surface area contributed by atoms with E-state index in [9.17, 15) is 0 Å². The number of piperazine rings is 1. The normalized spacial score (nSPS) is 27.2. The first-order valence-electron chi connectivity index (χ1n) is 6.24. The second-order valence-electron chi connectivity index (χ2n) is 4.97. The second-order valence-corrected chi connectivity index (χ2v) is 4.97. The van der Waals surface area contributed by atoms with Gasteiger partial charge in [0.25, 0.3) is 0 Å². The maximum Gasteiger partial charge on any atom is 0.0349 e. The topological polar surface area (TPSA) is 45.4 Å². The van der Waals surface area contributed by atoms with Crippen LogP contribution in [-0.2, 0) is 6.54 Å². The average Bonchev–Trinajstić information content (AvgIpc) is 2.35. The molecule has 0 spiro atoms. The van der Waals surface area contributed by atoms with Crippen LogP contribution in [0.15, 0.2) is 24.5 Å². The molecule has 2 heterocycles. The van der Waals surface area contributed by atoms with Gasteiger partial charge in [0.1, 0.15) is 0 Å². The molecule has 2 atom stereocenters. The molecule has 0 aliphatic carbocycles. The highest BCUT2D eigenvalue weighted by molar-refractivity contribution is 5.09. The van der Waals surface area contributed by atoms with Gasteiger partial charge >= 0.3 is 0 Å². The fourth-order valence-corrected chi connectivity index (χ4v) is 2.40. The zero-order chi connectivity index (χ0) is 12.3. The van der Waals surface area contributed by atoms with E-state index in [-0.39, 0.29) is 0 Å². The summed E-state index contributed by atoms with van der Waals surface area (Å²) in [5, 5.41) is 0. The third kappa shape index (κ3) is 3.03. The van der Waals surface area contributed by atoms with Crippen molar-refractivity contribution in [1.29, 1.82) is 0 Å². The molecule has 4 nitrogen and oxygen atoms in total. The summed E-state index contributed by atoms with van der Waals surface area (Å²) in [6.07, 6.45) is 3.76. The summed E-state index contributed by atoms with van der Waals surface area (Å²) in [4.78, 5) is 9.03. The van der Waals surface area contributed by atoms with Crippen molar-refractivity contribution in [3.63, 3.8) is 0 Å². The lowest BCUT2D eigenvalue weighted by molar-refractivity contribution is 0.0499. The molecule has 1 fully saturated rings. The quantitative estimate of drug-likeness (QED) is 0.829. The number of nitrogens with zero attached hydrogens (tertiary/aromatic N) is 3. The number of nitrogens with two attached hydrogens (primary N) is 1. The summed E-state index contributed by atoms with van der Waals surface area (Å²) >= 11 is 0. The standard InChI is InChI=1S/C13H22N4/c1-11-8-17(13(6-14)10-16(11)2)9-12-4-3-5-15-7-12/h3-5,7,11,13H,6,8-10,14H2,1-2H3. The van der Waals surface area contributed by atoms with E-state index in [1.165, 1.54) is 5.56 Å². The van der Waals surface area contributed by atoms with Crippen molar-refractivity contribution in [2.75, 3.05) is 26.7 Å². The van der Waals surface area contributed by atoms with Crippen LogP contribution in [0.25, 0.3) is 0 Å². The highest BCUT2D eigenvalue weighted by Crippen LogP contribution is 2.15. The molecule has 0 saturated carbocycles. The molecule has 0 aromatic carbocycles. The van der Waals surface area contributed by atoms with Gasteiger partial charge in [-0.2, -0.15) is 0 Å². The first kappa shape index (κ1) is 12.5. The zero-order valence-corrected chi connectivity index (χ0v) is 10.7. The Bertz CT molecular complexity index is 341. The van der Waals surface area contributed by atoms with Gasteiger partial charge in [0, 0.05) is 50.7 Å². The van der Waals surface area contributed by atoms with Crippen LogP contribution in [-0.4, -0.2) is 53.5 Å². The Kier molecular flexibility index (Phi) is 4.10. The lowest BCUT2D eigenvalue weighted by atomic mass is 10.1. The highest BCUT2D eigenvalue weighted by Gasteiger charge is 2.28. The van der Waals surface area contributed by atoms with Crippen molar-refractivity contribution in [3.05, 3.63) is 30.1 Å². The third-order valence-electron chi connectivity index (χ3n) is 3.65. The maximum atomic E-state index is 5.87. The number of likely N-dealkylation sites (N-methyl/N-ethyl adjacent to an activating group) is 1. The van der Waals surface area contributed by atoms with Crippen molar-refractivity contribution in [1.82, 2.24) is 14.8 Å². The molecule has 2 N–H and O–H groups in total. The smallest absolute Gasteiger partial charge is 0.0349 e. The van der Waals surface area contributed by atoms with Crippen LogP contribution in [0.2, 0.25) is 0 Å². The van der Waals surface area contributed by atoms with Crippen LogP contribution in [0.1, 0.15) is 12.5 Å². The van der Waals surface area contributed by atoms with E-state index in [0.717, 1.165) is 26.2 Å². The summed E-state index contributed by atoms with van der Waals surface area (Å²) in [6, 6.07) is 5.17. The van der Waals surface area contributed by atoms with Gasteiger partial charge in [0.15, 0.2) is 0 Å². The lowest BCUT2D eigenvalue weighted by Gasteiger charge is -2.43. The molecule has 17 heavy (non-hydrogen) atoms. The van der Waals surface area contributed by atoms with Crippen molar-refractivity contribution >= 4 is 0 Å². The van der Waals surface area contributed by atoms with Crippen LogP contribution >= 0.6 is 0 Å². The number of pyridine rings is 1. The Balaban J connectivity index is 2.03. The number of hydrogen-bond donors (Lipinski definition) is 1. The zero-order valence-electron chi connectivity index (χ0n) is 10.7. The molecule has 0 bridgehead atoms. The fourth-order valence-electron chi connectivity index (χ4n) is 2.40. The van der Waals surface area contributed by atoms with Crippen LogP contribution in [0.5, 0.6) is 0 Å². The van der Waals surface area contributed by atoms with Crippen LogP contribution < -0.4 is 5.73 Å². The molecule has 1 aliphatic rings. The minimum atomic E-state index is 0.455. The summed E-state index contributed by atoms with van der Waals surface area (Å²) < 4.78 is 0. The summed E-state index contributed by atoms with van der Waals surface area (Å²) in [7, 11) is 2.18. The molecule has 0 amide bonds. The van der Waals surface area contributed by atoms with E-state index in [4.69, 9.17) is 5.73 Å². The van der Waals surface area contributed by atoms with E-state index in [0.29, 0.717) is 12.1 Å². The molecule has 4 heteroatoms. The Morgan fingerprint density at radius 2 is 2.29 bits per heavy atom. The summed E-state index contributed by atoms with van der Waals surface area (Å²) in [5.41, 5.74) is 7.14. The SMILES string of the molecule is CC1CN(Cc2cccnc2)C(CN)CN1C. The third-order valence-corrected chi connectivity index (χ3v) is 3.65. The van der Waals surface area contributed by atoms with Crippen molar-refractivity contribution in [3.8, 4) is 0 Å². The van der Waals surface area contributed by atoms with Crippen LogP contribution in [0, 0.1) is 0 Å². The Morgan fingerprint density at radius 3 is 2.94 bits per heavy atom. The first-order chi connectivity index (χ1) is 8.20. The van der Waals surface area contributed by atoms with Gasteiger partial charge in [0.05, 0.1) is 0 Å². The minimum absolute atomic E-state index is 0.455. The molecule has 2 unspecified atom stereocenters. The Hall–Kier alpha value is -0.970.